The molecule has 4 nitrogen and oxygen atoms in total. The first-order valence-electron chi connectivity index (χ1n) is 8.54. The van der Waals surface area contributed by atoms with Crippen LogP contribution in [0.15, 0.2) is 48.5 Å². The molecular formula is C20H20ClFN2O2. The third-order valence-electron chi connectivity index (χ3n) is 4.53. The number of amides is 1. The van der Waals surface area contributed by atoms with Crippen molar-refractivity contribution in [3.05, 3.63) is 70.5 Å². The SMILES string of the molecule is O=C(CN1CCN(C(=O)Cc2ccc(F)cc2)CC1)c1ccc(Cl)cc1. The van der Waals surface area contributed by atoms with Crippen LogP contribution in [0, 0.1) is 5.82 Å². The maximum atomic E-state index is 12.9. The summed E-state index contributed by atoms with van der Waals surface area (Å²) in [6, 6.07) is 12.9. The number of piperazine rings is 1. The Balaban J connectivity index is 1.47. The summed E-state index contributed by atoms with van der Waals surface area (Å²) in [5, 5.41) is 0.606. The molecule has 1 amide bonds. The summed E-state index contributed by atoms with van der Waals surface area (Å²) >= 11 is 5.84. The van der Waals surface area contributed by atoms with E-state index in [9.17, 15) is 14.0 Å². The van der Waals surface area contributed by atoms with Gasteiger partial charge in [-0.25, -0.2) is 4.39 Å². The van der Waals surface area contributed by atoms with Crippen LogP contribution in [0.4, 0.5) is 4.39 Å². The van der Waals surface area contributed by atoms with Gasteiger partial charge in [0.15, 0.2) is 5.78 Å². The molecule has 1 heterocycles. The number of halogens is 2. The van der Waals surface area contributed by atoms with Gasteiger partial charge in [0.05, 0.1) is 13.0 Å². The molecular weight excluding hydrogens is 355 g/mol. The topological polar surface area (TPSA) is 40.6 Å². The van der Waals surface area contributed by atoms with E-state index < -0.39 is 0 Å². The minimum absolute atomic E-state index is 0.0280. The second-order valence-electron chi connectivity index (χ2n) is 6.39. The fourth-order valence-corrected chi connectivity index (χ4v) is 3.10. The lowest BCUT2D eigenvalue weighted by molar-refractivity contribution is -0.132. The first-order valence-corrected chi connectivity index (χ1v) is 8.92. The van der Waals surface area contributed by atoms with Gasteiger partial charge in [0.1, 0.15) is 5.82 Å². The molecule has 0 unspecified atom stereocenters. The largest absolute Gasteiger partial charge is 0.340 e. The van der Waals surface area contributed by atoms with Gasteiger partial charge in [0.2, 0.25) is 5.91 Å². The third kappa shape index (κ3) is 4.90. The van der Waals surface area contributed by atoms with E-state index in [0.717, 1.165) is 5.56 Å². The van der Waals surface area contributed by atoms with Gasteiger partial charge in [0.25, 0.3) is 0 Å². The highest BCUT2D eigenvalue weighted by Gasteiger charge is 2.22. The minimum atomic E-state index is -0.305. The van der Waals surface area contributed by atoms with Crippen molar-refractivity contribution in [1.29, 1.82) is 0 Å². The van der Waals surface area contributed by atoms with Gasteiger partial charge < -0.3 is 4.90 Å². The summed E-state index contributed by atoms with van der Waals surface area (Å²) in [6.07, 6.45) is 0.268. The van der Waals surface area contributed by atoms with E-state index >= 15 is 0 Å². The molecule has 1 aliphatic rings. The molecule has 0 bridgehead atoms. The fraction of sp³-hybridized carbons (Fsp3) is 0.300. The molecule has 3 rings (SSSR count). The van der Waals surface area contributed by atoms with Gasteiger partial charge in [-0.1, -0.05) is 23.7 Å². The summed E-state index contributed by atoms with van der Waals surface area (Å²) in [4.78, 5) is 28.5. The molecule has 0 aromatic heterocycles. The maximum Gasteiger partial charge on any atom is 0.227 e. The molecule has 6 heteroatoms. The zero-order chi connectivity index (χ0) is 18.5. The van der Waals surface area contributed by atoms with E-state index in [4.69, 9.17) is 11.6 Å². The van der Waals surface area contributed by atoms with E-state index in [1.807, 2.05) is 0 Å². The number of benzene rings is 2. The highest BCUT2D eigenvalue weighted by molar-refractivity contribution is 6.30. The number of carbonyl (C=O) groups is 2. The minimum Gasteiger partial charge on any atom is -0.340 e. The number of hydrogen-bond donors (Lipinski definition) is 0. The van der Waals surface area contributed by atoms with Gasteiger partial charge in [-0.2, -0.15) is 0 Å². The van der Waals surface area contributed by atoms with Crippen molar-refractivity contribution in [1.82, 2.24) is 9.80 Å². The van der Waals surface area contributed by atoms with Gasteiger partial charge in [-0.15, -0.1) is 0 Å². The van der Waals surface area contributed by atoms with Crippen molar-refractivity contribution < 1.29 is 14.0 Å². The molecule has 0 radical (unpaired) electrons. The second-order valence-corrected chi connectivity index (χ2v) is 6.83. The van der Waals surface area contributed by atoms with E-state index in [1.165, 1.54) is 12.1 Å². The van der Waals surface area contributed by atoms with Crippen molar-refractivity contribution in [2.75, 3.05) is 32.7 Å². The Hall–Kier alpha value is -2.24. The molecule has 1 fully saturated rings. The smallest absolute Gasteiger partial charge is 0.227 e. The quantitative estimate of drug-likeness (QED) is 0.755. The predicted octanol–water partition coefficient (Wildman–Crippen LogP) is 3.05. The third-order valence-corrected chi connectivity index (χ3v) is 4.78. The lowest BCUT2D eigenvalue weighted by atomic mass is 10.1. The van der Waals surface area contributed by atoms with E-state index in [0.29, 0.717) is 43.3 Å². The number of carbonyl (C=O) groups excluding carboxylic acids is 2. The number of rotatable bonds is 5. The first-order chi connectivity index (χ1) is 12.5. The van der Waals surface area contributed by atoms with Gasteiger partial charge in [-0.3, -0.25) is 14.5 Å². The molecule has 0 spiro atoms. The van der Waals surface area contributed by atoms with Crippen LogP contribution in [0.5, 0.6) is 0 Å². The lowest BCUT2D eigenvalue weighted by Gasteiger charge is -2.34. The van der Waals surface area contributed by atoms with Crippen LogP contribution < -0.4 is 0 Å². The van der Waals surface area contributed by atoms with Crippen molar-refractivity contribution >= 4 is 23.3 Å². The fourth-order valence-electron chi connectivity index (χ4n) is 2.97. The van der Waals surface area contributed by atoms with Crippen LogP contribution in [-0.4, -0.2) is 54.2 Å². The van der Waals surface area contributed by atoms with Gasteiger partial charge in [0, 0.05) is 36.8 Å². The Kier molecular flexibility index (Phi) is 6.01. The van der Waals surface area contributed by atoms with E-state index in [-0.39, 0.29) is 23.9 Å². The van der Waals surface area contributed by atoms with Crippen LogP contribution in [-0.2, 0) is 11.2 Å². The standard InChI is InChI=1S/C20H20ClFN2O2/c21-17-5-3-16(4-6-17)19(25)14-23-9-11-24(12-10-23)20(26)13-15-1-7-18(22)8-2-15/h1-8H,9-14H2. The van der Waals surface area contributed by atoms with Crippen LogP contribution in [0.25, 0.3) is 0 Å². The number of nitrogens with zero attached hydrogens (tertiary/aromatic N) is 2. The zero-order valence-electron chi connectivity index (χ0n) is 14.3. The van der Waals surface area contributed by atoms with Crippen molar-refractivity contribution in [2.45, 2.75) is 6.42 Å². The predicted molar refractivity (Wildman–Crippen MR) is 98.9 cm³/mol. The number of ketones is 1. The van der Waals surface area contributed by atoms with Crippen molar-refractivity contribution in [2.24, 2.45) is 0 Å². The molecule has 1 aliphatic heterocycles. The molecule has 1 saturated heterocycles. The summed E-state index contributed by atoms with van der Waals surface area (Å²) in [5.74, 6) is -0.229. The zero-order valence-corrected chi connectivity index (χ0v) is 15.1. The first kappa shape index (κ1) is 18.5. The van der Waals surface area contributed by atoms with E-state index in [1.54, 1.807) is 41.3 Å². The Morgan fingerprint density at radius 1 is 0.923 bits per heavy atom. The van der Waals surface area contributed by atoms with Crippen LogP contribution >= 0.6 is 11.6 Å². The molecule has 0 atom stereocenters. The molecule has 0 N–H and O–H groups in total. The summed E-state index contributed by atoms with van der Waals surface area (Å²) < 4.78 is 12.9. The molecule has 0 aliphatic carbocycles. The molecule has 136 valence electrons. The van der Waals surface area contributed by atoms with Crippen molar-refractivity contribution in [3.8, 4) is 0 Å². The summed E-state index contributed by atoms with van der Waals surface area (Å²) in [5.41, 5.74) is 1.45. The monoisotopic (exact) mass is 374 g/mol. The van der Waals surface area contributed by atoms with Crippen LogP contribution in [0.1, 0.15) is 15.9 Å². The number of hydrogen-bond acceptors (Lipinski definition) is 3. The Bertz CT molecular complexity index is 769. The summed E-state index contributed by atoms with van der Waals surface area (Å²) in [6.45, 7) is 2.84. The normalized spacial score (nSPS) is 15.1. The molecule has 2 aromatic rings. The van der Waals surface area contributed by atoms with Crippen LogP contribution in [0.3, 0.4) is 0 Å². The Morgan fingerprint density at radius 2 is 1.54 bits per heavy atom. The molecule has 26 heavy (non-hydrogen) atoms. The van der Waals surface area contributed by atoms with Gasteiger partial charge >= 0.3 is 0 Å². The van der Waals surface area contributed by atoms with E-state index in [2.05, 4.69) is 4.90 Å². The van der Waals surface area contributed by atoms with Crippen LogP contribution in [0.2, 0.25) is 5.02 Å². The Labute approximate surface area is 157 Å². The maximum absolute atomic E-state index is 12.9. The average Bonchev–Trinajstić information content (AvgIpc) is 2.64. The lowest BCUT2D eigenvalue weighted by Crippen LogP contribution is -2.50. The Morgan fingerprint density at radius 3 is 2.15 bits per heavy atom. The van der Waals surface area contributed by atoms with Crippen molar-refractivity contribution in [3.63, 3.8) is 0 Å². The summed E-state index contributed by atoms with van der Waals surface area (Å²) in [7, 11) is 0. The molecule has 2 aromatic carbocycles. The highest BCUT2D eigenvalue weighted by atomic mass is 35.5. The number of Topliss-reactive ketones (excluding diaryl/α,β-unsaturated/α-hetero) is 1. The highest BCUT2D eigenvalue weighted by Crippen LogP contribution is 2.12. The molecule has 0 saturated carbocycles. The second kappa shape index (κ2) is 8.43. The average molecular weight is 375 g/mol. The van der Waals surface area contributed by atoms with Gasteiger partial charge in [-0.05, 0) is 42.0 Å².